The molecular weight excluding hydrogens is 436 g/mol. The van der Waals surface area contributed by atoms with Gasteiger partial charge in [0.25, 0.3) is 5.56 Å². The lowest BCUT2D eigenvalue weighted by Crippen LogP contribution is -2.37. The first kappa shape index (κ1) is 21.7. The molecule has 1 saturated heterocycles. The van der Waals surface area contributed by atoms with Crippen LogP contribution in [-0.2, 0) is 22.5 Å². The summed E-state index contributed by atoms with van der Waals surface area (Å²) >= 11 is 1.68. The molecule has 0 spiro atoms. The van der Waals surface area contributed by atoms with Crippen molar-refractivity contribution >= 4 is 38.4 Å². The maximum atomic E-state index is 13.2. The number of hydrogen-bond acceptors (Lipinski definition) is 6. The molecular formula is C25H26N4O3S. The Morgan fingerprint density at radius 1 is 1.12 bits per heavy atom. The van der Waals surface area contributed by atoms with Crippen LogP contribution in [0.3, 0.4) is 0 Å². The second kappa shape index (κ2) is 9.80. The summed E-state index contributed by atoms with van der Waals surface area (Å²) < 4.78 is 6.95. The van der Waals surface area contributed by atoms with E-state index in [0.29, 0.717) is 29.7 Å². The number of amides is 1. The zero-order chi connectivity index (χ0) is 22.6. The highest BCUT2D eigenvalue weighted by Gasteiger charge is 2.23. The predicted octanol–water partition coefficient (Wildman–Crippen LogP) is 4.06. The van der Waals surface area contributed by atoms with Crippen molar-refractivity contribution in [1.29, 1.82) is 0 Å². The molecule has 8 heteroatoms. The first-order valence-corrected chi connectivity index (χ1v) is 12.2. The molecule has 3 heterocycles. The van der Waals surface area contributed by atoms with Gasteiger partial charge in [0.05, 0.1) is 38.8 Å². The minimum Gasteiger partial charge on any atom is -0.376 e. The highest BCUT2D eigenvalue weighted by atomic mass is 32.1. The smallest absolute Gasteiger partial charge is 0.258 e. The Hall–Kier alpha value is -3.10. The van der Waals surface area contributed by atoms with E-state index < -0.39 is 0 Å². The van der Waals surface area contributed by atoms with Crippen LogP contribution in [0.4, 0.5) is 0 Å². The van der Waals surface area contributed by atoms with Gasteiger partial charge in [0.1, 0.15) is 5.82 Å². The summed E-state index contributed by atoms with van der Waals surface area (Å²) in [6, 6.07) is 15.3. The standard InChI is InChI=1S/C25H26N4O3S/c30-24(13-5-12-23-27-20-10-3-4-11-21(20)33-23)29(15-17-7-6-14-32-17)16-22-26-19-9-2-1-8-18(19)25(31)28-22/h1-4,8-11,17H,5-7,12-16H2,(H,26,28,31). The van der Waals surface area contributed by atoms with Crippen LogP contribution in [0.2, 0.25) is 0 Å². The summed E-state index contributed by atoms with van der Waals surface area (Å²) in [5.74, 6) is 0.540. The summed E-state index contributed by atoms with van der Waals surface area (Å²) in [7, 11) is 0. The summed E-state index contributed by atoms with van der Waals surface area (Å²) in [6.45, 7) is 1.51. The first-order valence-electron chi connectivity index (χ1n) is 11.4. The molecule has 0 bridgehead atoms. The summed E-state index contributed by atoms with van der Waals surface area (Å²) in [5.41, 5.74) is 1.46. The molecule has 0 aliphatic carbocycles. The average molecular weight is 463 g/mol. The largest absolute Gasteiger partial charge is 0.376 e. The van der Waals surface area contributed by atoms with Gasteiger partial charge < -0.3 is 14.6 Å². The third-order valence-corrected chi connectivity index (χ3v) is 7.02. The van der Waals surface area contributed by atoms with Crippen LogP contribution in [0.1, 0.15) is 36.5 Å². The number of carbonyl (C=O) groups is 1. The van der Waals surface area contributed by atoms with Crippen LogP contribution in [0.25, 0.3) is 21.1 Å². The van der Waals surface area contributed by atoms with Crippen molar-refractivity contribution in [2.75, 3.05) is 13.2 Å². The number of aryl methyl sites for hydroxylation is 1. The minimum atomic E-state index is -0.184. The molecule has 1 aliphatic rings. The normalized spacial score (nSPS) is 15.9. The van der Waals surface area contributed by atoms with Crippen molar-refractivity contribution < 1.29 is 9.53 Å². The summed E-state index contributed by atoms with van der Waals surface area (Å²) in [4.78, 5) is 39.5. The number of benzene rings is 2. The van der Waals surface area contributed by atoms with E-state index in [1.807, 2.05) is 36.4 Å². The fourth-order valence-electron chi connectivity index (χ4n) is 4.26. The van der Waals surface area contributed by atoms with Crippen LogP contribution >= 0.6 is 11.3 Å². The van der Waals surface area contributed by atoms with Crippen molar-refractivity contribution in [1.82, 2.24) is 19.9 Å². The average Bonchev–Trinajstić information content (AvgIpc) is 3.48. The maximum absolute atomic E-state index is 13.2. The maximum Gasteiger partial charge on any atom is 0.258 e. The number of nitrogens with zero attached hydrogens (tertiary/aromatic N) is 3. The lowest BCUT2D eigenvalue weighted by atomic mass is 10.2. The van der Waals surface area contributed by atoms with Crippen LogP contribution < -0.4 is 5.56 Å². The Labute approximate surface area is 195 Å². The van der Waals surface area contributed by atoms with Crippen molar-refractivity contribution in [2.45, 2.75) is 44.8 Å². The number of fused-ring (bicyclic) bond motifs is 2. The predicted molar refractivity (Wildman–Crippen MR) is 129 cm³/mol. The zero-order valence-electron chi connectivity index (χ0n) is 18.3. The molecule has 7 nitrogen and oxygen atoms in total. The Morgan fingerprint density at radius 3 is 2.76 bits per heavy atom. The lowest BCUT2D eigenvalue weighted by Gasteiger charge is -2.25. The number of para-hydroxylation sites is 2. The summed E-state index contributed by atoms with van der Waals surface area (Å²) in [6.07, 6.45) is 3.89. The van der Waals surface area contributed by atoms with Crippen LogP contribution in [0.15, 0.2) is 53.3 Å². The second-order valence-electron chi connectivity index (χ2n) is 8.37. The number of thiazole rings is 1. The van der Waals surface area contributed by atoms with Crippen molar-refractivity contribution in [3.63, 3.8) is 0 Å². The first-order chi connectivity index (χ1) is 16.2. The second-order valence-corrected chi connectivity index (χ2v) is 9.48. The molecule has 2 aromatic carbocycles. The molecule has 0 radical (unpaired) electrons. The Balaban J connectivity index is 1.28. The van der Waals surface area contributed by atoms with E-state index in [4.69, 9.17) is 4.74 Å². The molecule has 1 atom stereocenters. The molecule has 1 N–H and O–H groups in total. The zero-order valence-corrected chi connectivity index (χ0v) is 19.1. The number of hydrogen-bond donors (Lipinski definition) is 1. The molecule has 1 unspecified atom stereocenters. The highest BCUT2D eigenvalue weighted by Crippen LogP contribution is 2.23. The van der Waals surface area contributed by atoms with Gasteiger partial charge in [-0.2, -0.15) is 0 Å². The minimum absolute atomic E-state index is 0.0328. The van der Waals surface area contributed by atoms with Crippen molar-refractivity contribution in [2.24, 2.45) is 0 Å². The number of ether oxygens (including phenoxy) is 1. The van der Waals surface area contributed by atoms with Crippen molar-refractivity contribution in [3.8, 4) is 0 Å². The van der Waals surface area contributed by atoms with E-state index >= 15 is 0 Å². The molecule has 33 heavy (non-hydrogen) atoms. The van der Waals surface area contributed by atoms with Gasteiger partial charge in [-0.3, -0.25) is 9.59 Å². The molecule has 1 amide bonds. The lowest BCUT2D eigenvalue weighted by molar-refractivity contribution is -0.133. The number of aromatic amines is 1. The molecule has 1 fully saturated rings. The Morgan fingerprint density at radius 2 is 1.94 bits per heavy atom. The van der Waals surface area contributed by atoms with Crippen LogP contribution in [-0.4, -0.2) is 45.0 Å². The van der Waals surface area contributed by atoms with Crippen molar-refractivity contribution in [3.05, 3.63) is 69.7 Å². The Kier molecular flexibility index (Phi) is 6.46. The van der Waals surface area contributed by atoms with Gasteiger partial charge in [-0.25, -0.2) is 9.97 Å². The van der Waals surface area contributed by atoms with Gasteiger partial charge >= 0.3 is 0 Å². The van der Waals surface area contributed by atoms with Gasteiger partial charge in [0, 0.05) is 19.6 Å². The molecule has 170 valence electrons. The van der Waals surface area contributed by atoms with E-state index in [9.17, 15) is 9.59 Å². The molecule has 4 aromatic rings. The van der Waals surface area contributed by atoms with Gasteiger partial charge in [0.15, 0.2) is 0 Å². The molecule has 1 aliphatic heterocycles. The van der Waals surface area contributed by atoms with E-state index in [2.05, 4.69) is 21.0 Å². The molecule has 0 saturated carbocycles. The third kappa shape index (κ3) is 5.12. The SMILES string of the molecule is O=C(CCCc1nc2ccccc2s1)N(Cc1nc2ccccc2c(=O)[nH]1)CC1CCCO1. The fourth-order valence-corrected chi connectivity index (χ4v) is 5.26. The van der Waals surface area contributed by atoms with E-state index in [1.54, 1.807) is 22.3 Å². The summed E-state index contributed by atoms with van der Waals surface area (Å²) in [5, 5.41) is 1.60. The van der Waals surface area contributed by atoms with E-state index in [1.165, 1.54) is 4.70 Å². The van der Waals surface area contributed by atoms with Gasteiger partial charge in [0.2, 0.25) is 5.91 Å². The van der Waals surface area contributed by atoms with E-state index in [0.717, 1.165) is 42.8 Å². The molecule has 5 rings (SSSR count). The van der Waals surface area contributed by atoms with Gasteiger partial charge in [-0.1, -0.05) is 24.3 Å². The molecule has 2 aromatic heterocycles. The van der Waals surface area contributed by atoms with Crippen LogP contribution in [0, 0.1) is 0 Å². The number of nitrogens with one attached hydrogen (secondary N) is 1. The topological polar surface area (TPSA) is 88.2 Å². The number of H-pyrrole nitrogens is 1. The van der Waals surface area contributed by atoms with E-state index in [-0.39, 0.29) is 24.1 Å². The third-order valence-electron chi connectivity index (χ3n) is 5.92. The number of carbonyl (C=O) groups excluding carboxylic acids is 1. The Bertz CT molecular complexity index is 1290. The quantitative estimate of drug-likeness (QED) is 0.427. The van der Waals surface area contributed by atoms with Crippen LogP contribution in [0.5, 0.6) is 0 Å². The number of aromatic nitrogens is 3. The number of rotatable bonds is 8. The van der Waals surface area contributed by atoms with Gasteiger partial charge in [-0.05, 0) is 49.9 Å². The monoisotopic (exact) mass is 462 g/mol. The fraction of sp³-hybridized carbons (Fsp3) is 0.360. The van der Waals surface area contributed by atoms with Gasteiger partial charge in [-0.15, -0.1) is 11.3 Å². The highest BCUT2D eigenvalue weighted by molar-refractivity contribution is 7.18.